The molecule has 0 amide bonds. The summed E-state index contributed by atoms with van der Waals surface area (Å²) in [4.78, 5) is 22.0. The number of rotatable bonds is 5. The number of aromatic carboxylic acids is 1. The molecule has 3 rings (SSSR count). The minimum Gasteiger partial charge on any atom is -0.478 e. The van der Waals surface area contributed by atoms with E-state index in [9.17, 15) is 9.59 Å². The molecule has 0 spiro atoms. The molecule has 1 heterocycles. The van der Waals surface area contributed by atoms with Gasteiger partial charge in [-0.1, -0.05) is 41.5 Å². The second-order valence-corrected chi connectivity index (χ2v) is 8.15. The SMILES string of the molecule is C=CCO.Cc1ccc(C(=O)O)cc1.Cc1ccc(C(=O)OC[C@H]2CCCS2)cc1. The van der Waals surface area contributed by atoms with Gasteiger partial charge in [-0.2, -0.15) is 11.8 Å². The van der Waals surface area contributed by atoms with Crippen molar-refractivity contribution >= 4 is 23.7 Å². The van der Waals surface area contributed by atoms with Crippen LogP contribution in [0.1, 0.15) is 44.7 Å². The zero-order valence-corrected chi connectivity index (χ0v) is 18.4. The van der Waals surface area contributed by atoms with Crippen LogP contribution in [0.4, 0.5) is 0 Å². The molecule has 6 heteroatoms. The van der Waals surface area contributed by atoms with Gasteiger partial charge in [-0.05, 0) is 56.7 Å². The molecule has 0 aliphatic carbocycles. The van der Waals surface area contributed by atoms with Crippen LogP contribution >= 0.6 is 11.8 Å². The Labute approximate surface area is 182 Å². The molecule has 1 aliphatic heterocycles. The maximum absolute atomic E-state index is 11.7. The average molecular weight is 431 g/mol. The van der Waals surface area contributed by atoms with E-state index in [0.29, 0.717) is 23.0 Å². The molecule has 0 aromatic heterocycles. The molecule has 1 aliphatic rings. The number of carboxylic acid groups (broad SMARTS) is 1. The Morgan fingerprint density at radius 3 is 1.97 bits per heavy atom. The summed E-state index contributed by atoms with van der Waals surface area (Å²) in [5, 5.41) is 16.7. The number of hydrogen-bond acceptors (Lipinski definition) is 5. The number of aliphatic hydroxyl groups excluding tert-OH is 1. The molecule has 1 fully saturated rings. The molecule has 0 unspecified atom stereocenters. The van der Waals surface area contributed by atoms with Crippen LogP contribution in [0.3, 0.4) is 0 Å². The summed E-state index contributed by atoms with van der Waals surface area (Å²) in [6.07, 6.45) is 3.85. The second-order valence-electron chi connectivity index (χ2n) is 6.74. The first-order chi connectivity index (χ1) is 14.4. The Balaban J connectivity index is 0.000000274. The molecule has 1 atom stereocenters. The smallest absolute Gasteiger partial charge is 0.338 e. The van der Waals surface area contributed by atoms with Crippen LogP contribution < -0.4 is 0 Å². The summed E-state index contributed by atoms with van der Waals surface area (Å²) in [5.41, 5.74) is 3.21. The van der Waals surface area contributed by atoms with Crippen molar-refractivity contribution < 1.29 is 24.5 Å². The van der Waals surface area contributed by atoms with Crippen LogP contribution in [0.5, 0.6) is 0 Å². The number of carboxylic acids is 1. The van der Waals surface area contributed by atoms with Crippen LogP contribution in [-0.4, -0.2) is 46.4 Å². The Kier molecular flexibility index (Phi) is 12.2. The van der Waals surface area contributed by atoms with E-state index in [2.05, 4.69) is 6.58 Å². The number of aliphatic hydroxyl groups is 1. The van der Waals surface area contributed by atoms with E-state index in [-0.39, 0.29) is 12.6 Å². The van der Waals surface area contributed by atoms with Crippen LogP contribution in [-0.2, 0) is 4.74 Å². The first kappa shape index (κ1) is 25.5. The monoisotopic (exact) mass is 430 g/mol. The van der Waals surface area contributed by atoms with Crippen molar-refractivity contribution in [2.75, 3.05) is 19.0 Å². The van der Waals surface area contributed by atoms with E-state index in [1.54, 1.807) is 24.3 Å². The van der Waals surface area contributed by atoms with Gasteiger partial charge in [0.05, 0.1) is 17.7 Å². The lowest BCUT2D eigenvalue weighted by Gasteiger charge is -2.09. The van der Waals surface area contributed by atoms with Crippen molar-refractivity contribution in [1.82, 2.24) is 0 Å². The first-order valence-corrected chi connectivity index (χ1v) is 10.8. The van der Waals surface area contributed by atoms with Crippen molar-refractivity contribution in [3.8, 4) is 0 Å². The molecule has 0 bridgehead atoms. The van der Waals surface area contributed by atoms with E-state index < -0.39 is 5.97 Å². The van der Waals surface area contributed by atoms with Crippen molar-refractivity contribution in [1.29, 1.82) is 0 Å². The summed E-state index contributed by atoms with van der Waals surface area (Å²) >= 11 is 1.90. The third-order valence-electron chi connectivity index (χ3n) is 4.14. The molecule has 0 saturated carbocycles. The van der Waals surface area contributed by atoms with Gasteiger partial charge in [0.1, 0.15) is 6.61 Å². The Morgan fingerprint density at radius 1 is 1.07 bits per heavy atom. The molecule has 5 nitrogen and oxygen atoms in total. The Hall–Kier alpha value is -2.57. The number of esters is 1. The van der Waals surface area contributed by atoms with Crippen LogP contribution in [0.15, 0.2) is 61.2 Å². The largest absolute Gasteiger partial charge is 0.478 e. The van der Waals surface area contributed by atoms with Gasteiger partial charge >= 0.3 is 11.9 Å². The summed E-state index contributed by atoms with van der Waals surface area (Å²) in [5.74, 6) is 0.125. The number of carbonyl (C=O) groups is 2. The van der Waals surface area contributed by atoms with Crippen LogP contribution in [0.25, 0.3) is 0 Å². The molecule has 2 N–H and O–H groups in total. The van der Waals surface area contributed by atoms with Gasteiger partial charge in [0.25, 0.3) is 0 Å². The lowest BCUT2D eigenvalue weighted by molar-refractivity contribution is 0.0505. The normalized spacial score (nSPS) is 14.4. The Bertz CT molecular complexity index is 778. The molecular weight excluding hydrogens is 400 g/mol. The summed E-state index contributed by atoms with van der Waals surface area (Å²) in [6, 6.07) is 14.3. The predicted molar refractivity (Wildman–Crippen MR) is 122 cm³/mol. The molecule has 0 radical (unpaired) electrons. The third-order valence-corrected chi connectivity index (χ3v) is 5.51. The van der Waals surface area contributed by atoms with Crippen molar-refractivity contribution in [2.45, 2.75) is 31.9 Å². The first-order valence-electron chi connectivity index (χ1n) is 9.74. The quantitative estimate of drug-likeness (QED) is 0.518. The lowest BCUT2D eigenvalue weighted by Crippen LogP contribution is -2.13. The molecule has 30 heavy (non-hydrogen) atoms. The van der Waals surface area contributed by atoms with E-state index in [1.807, 2.05) is 49.9 Å². The van der Waals surface area contributed by atoms with Crippen LogP contribution in [0.2, 0.25) is 0 Å². The van der Waals surface area contributed by atoms with Gasteiger partial charge in [-0.3, -0.25) is 0 Å². The molecule has 1 saturated heterocycles. The lowest BCUT2D eigenvalue weighted by atomic mass is 10.1. The molecule has 2 aromatic carbocycles. The second kappa shape index (κ2) is 14.4. The van der Waals surface area contributed by atoms with Crippen molar-refractivity contribution in [3.63, 3.8) is 0 Å². The zero-order valence-electron chi connectivity index (χ0n) is 17.5. The van der Waals surface area contributed by atoms with E-state index in [4.69, 9.17) is 14.9 Å². The highest BCUT2D eigenvalue weighted by molar-refractivity contribution is 8.00. The minimum atomic E-state index is -0.875. The number of benzene rings is 2. The number of ether oxygens (including phenoxy) is 1. The predicted octanol–water partition coefficient (Wildman–Crippen LogP) is 4.91. The minimum absolute atomic E-state index is 0.0833. The number of thioether (sulfide) groups is 1. The van der Waals surface area contributed by atoms with Crippen LogP contribution in [0, 0.1) is 13.8 Å². The molecule has 2 aromatic rings. The number of carbonyl (C=O) groups excluding carboxylic acids is 1. The van der Waals surface area contributed by atoms with Gasteiger partial charge in [0.15, 0.2) is 0 Å². The number of aryl methyl sites for hydroxylation is 2. The van der Waals surface area contributed by atoms with E-state index in [0.717, 1.165) is 11.1 Å². The zero-order chi connectivity index (χ0) is 22.4. The van der Waals surface area contributed by atoms with Gasteiger partial charge in [0.2, 0.25) is 0 Å². The average Bonchev–Trinajstić information content (AvgIpc) is 3.27. The highest BCUT2D eigenvalue weighted by atomic mass is 32.2. The maximum Gasteiger partial charge on any atom is 0.338 e. The maximum atomic E-state index is 11.7. The molecular formula is C24H30O5S. The van der Waals surface area contributed by atoms with Gasteiger partial charge < -0.3 is 14.9 Å². The van der Waals surface area contributed by atoms with Crippen molar-refractivity contribution in [2.24, 2.45) is 0 Å². The molecule has 162 valence electrons. The number of hydrogen-bond donors (Lipinski definition) is 2. The van der Waals surface area contributed by atoms with Crippen molar-refractivity contribution in [3.05, 3.63) is 83.4 Å². The highest BCUT2D eigenvalue weighted by Gasteiger charge is 2.17. The summed E-state index contributed by atoms with van der Waals surface area (Å²) in [7, 11) is 0. The fraction of sp³-hybridized carbons (Fsp3) is 0.333. The van der Waals surface area contributed by atoms with E-state index >= 15 is 0 Å². The van der Waals surface area contributed by atoms with Gasteiger partial charge in [0, 0.05) is 5.25 Å². The van der Waals surface area contributed by atoms with Gasteiger partial charge in [-0.15, -0.1) is 6.58 Å². The summed E-state index contributed by atoms with van der Waals surface area (Å²) < 4.78 is 5.29. The van der Waals surface area contributed by atoms with Gasteiger partial charge in [-0.25, -0.2) is 9.59 Å². The fourth-order valence-electron chi connectivity index (χ4n) is 2.41. The van der Waals surface area contributed by atoms with E-state index in [1.165, 1.54) is 24.7 Å². The summed E-state index contributed by atoms with van der Waals surface area (Å²) in [6.45, 7) is 7.79. The standard InChI is InChI=1S/C13H16O2S.C8H8O2.C3H6O/c1-10-4-6-11(7-5-10)13(14)15-9-12-3-2-8-16-12;1-6-2-4-7(5-3-6)8(9)10;1-2-3-4/h4-7,12H,2-3,8-9H2,1H3;2-5H,1H3,(H,9,10);2,4H,1,3H2/t12-;;/m1../s1. The topological polar surface area (TPSA) is 83.8 Å². The Morgan fingerprint density at radius 2 is 1.57 bits per heavy atom. The third kappa shape index (κ3) is 10.3. The fourth-order valence-corrected chi connectivity index (χ4v) is 3.58. The highest BCUT2D eigenvalue weighted by Crippen LogP contribution is 2.26.